The first-order valence-corrected chi connectivity index (χ1v) is 6.94. The van der Waals surface area contributed by atoms with Crippen LogP contribution in [0.1, 0.15) is 30.3 Å². The van der Waals surface area contributed by atoms with Crippen LogP contribution in [0.2, 0.25) is 0 Å². The average Bonchev–Trinajstić information content (AvgIpc) is 3.02. The quantitative estimate of drug-likeness (QED) is 0.622. The summed E-state index contributed by atoms with van der Waals surface area (Å²) in [5.74, 6) is 0.125. The van der Waals surface area contributed by atoms with Gasteiger partial charge < -0.3 is 9.47 Å². The number of hydrogen-bond donors (Lipinski definition) is 1. The Bertz CT molecular complexity index is 675. The molecule has 2 rings (SSSR count). The van der Waals surface area contributed by atoms with Crippen LogP contribution >= 0.6 is 0 Å². The normalized spacial score (nSPS) is 10.0. The topological polar surface area (TPSA) is 101 Å². The van der Waals surface area contributed by atoms with Gasteiger partial charge in [-0.1, -0.05) is 12.1 Å². The van der Waals surface area contributed by atoms with Crippen LogP contribution in [0.25, 0.3) is 11.3 Å². The highest BCUT2D eigenvalue weighted by molar-refractivity contribution is 5.93. The van der Waals surface area contributed by atoms with Crippen molar-refractivity contribution in [2.24, 2.45) is 0 Å². The molecule has 1 aromatic carbocycles. The lowest BCUT2D eigenvalue weighted by Gasteiger charge is -2.06. The molecule has 2 aromatic rings. The Morgan fingerprint density at radius 1 is 1.41 bits per heavy atom. The van der Waals surface area contributed by atoms with E-state index in [2.05, 4.69) is 21.5 Å². The average molecular weight is 300 g/mol. The number of esters is 1. The number of unbranched alkanes of at least 4 members (excludes halogenated alkanes) is 1. The Balaban J connectivity index is 2.15. The Morgan fingerprint density at radius 2 is 2.27 bits per heavy atom. The molecule has 0 radical (unpaired) electrons. The number of carbonyl (C=O) groups excluding carboxylic acids is 1. The van der Waals surface area contributed by atoms with Crippen molar-refractivity contribution in [1.82, 2.24) is 15.4 Å². The first-order chi connectivity index (χ1) is 10.8. The third-order valence-electron chi connectivity index (χ3n) is 2.83. The van der Waals surface area contributed by atoms with Gasteiger partial charge in [-0.2, -0.15) is 15.6 Å². The van der Waals surface area contributed by atoms with Gasteiger partial charge in [0, 0.05) is 12.0 Å². The number of ether oxygens (including phenoxy) is 2. The predicted molar refractivity (Wildman–Crippen MR) is 78.1 cm³/mol. The molecule has 0 fully saturated rings. The van der Waals surface area contributed by atoms with Gasteiger partial charge in [0.05, 0.1) is 19.3 Å². The Morgan fingerprint density at radius 3 is 3.05 bits per heavy atom. The largest absolute Gasteiger partial charge is 0.494 e. The number of hydrogen-bond acceptors (Lipinski definition) is 6. The Kier molecular flexibility index (Phi) is 5.49. The van der Waals surface area contributed by atoms with E-state index in [9.17, 15) is 4.79 Å². The first kappa shape index (κ1) is 15.5. The third kappa shape index (κ3) is 3.82. The van der Waals surface area contributed by atoms with Crippen LogP contribution in [0.5, 0.6) is 5.75 Å². The lowest BCUT2D eigenvalue weighted by atomic mass is 10.1. The molecule has 0 aliphatic heterocycles. The number of H-pyrrole nitrogens is 1. The van der Waals surface area contributed by atoms with Crippen LogP contribution in [0, 0.1) is 11.3 Å². The summed E-state index contributed by atoms with van der Waals surface area (Å²) in [6.45, 7) is 2.46. The molecule has 7 heteroatoms. The van der Waals surface area contributed by atoms with E-state index in [1.165, 1.54) is 0 Å². The van der Waals surface area contributed by atoms with Gasteiger partial charge >= 0.3 is 5.97 Å². The summed E-state index contributed by atoms with van der Waals surface area (Å²) in [5, 5.41) is 18.8. The fourth-order valence-electron chi connectivity index (χ4n) is 1.85. The number of nitriles is 1. The molecule has 0 saturated heterocycles. The van der Waals surface area contributed by atoms with Crippen LogP contribution in [0.3, 0.4) is 0 Å². The number of nitrogens with one attached hydrogen (secondary N) is 1. The highest BCUT2D eigenvalue weighted by Crippen LogP contribution is 2.24. The summed E-state index contributed by atoms with van der Waals surface area (Å²) in [5.41, 5.74) is 1.26. The van der Waals surface area contributed by atoms with E-state index in [1.54, 1.807) is 25.1 Å². The summed E-state index contributed by atoms with van der Waals surface area (Å²) in [4.78, 5) is 11.8. The standard InChI is InChI=1S/C15H16N4O3/c1-2-21-15(20)14-13(17-19-18-14)11-6-5-7-12(10-11)22-9-4-3-8-16/h5-7,10H,2-4,9H2,1H3,(H,17,18,19). The molecule has 1 heterocycles. The second-order valence-electron chi connectivity index (χ2n) is 4.38. The van der Waals surface area contributed by atoms with E-state index in [0.29, 0.717) is 36.5 Å². The van der Waals surface area contributed by atoms with Crippen molar-refractivity contribution in [2.45, 2.75) is 19.8 Å². The molecule has 0 aliphatic rings. The molecule has 1 aromatic heterocycles. The fraction of sp³-hybridized carbons (Fsp3) is 0.333. The summed E-state index contributed by atoms with van der Waals surface area (Å²) < 4.78 is 10.5. The number of benzene rings is 1. The predicted octanol–water partition coefficient (Wildman–Crippen LogP) is 2.33. The maximum absolute atomic E-state index is 11.8. The van der Waals surface area contributed by atoms with Gasteiger partial charge in [0.15, 0.2) is 5.69 Å². The van der Waals surface area contributed by atoms with Gasteiger partial charge in [-0.05, 0) is 25.5 Å². The van der Waals surface area contributed by atoms with Crippen LogP contribution in [0.4, 0.5) is 0 Å². The number of aromatic nitrogens is 3. The lowest BCUT2D eigenvalue weighted by Crippen LogP contribution is -2.06. The Hall–Kier alpha value is -2.88. The molecular formula is C15H16N4O3. The number of aromatic amines is 1. The van der Waals surface area contributed by atoms with Gasteiger partial charge in [-0.15, -0.1) is 5.10 Å². The van der Waals surface area contributed by atoms with Crippen LogP contribution in [-0.2, 0) is 4.74 Å². The van der Waals surface area contributed by atoms with Crippen LogP contribution in [-0.4, -0.2) is 34.6 Å². The SMILES string of the molecule is CCOC(=O)c1n[nH]nc1-c1cccc(OCCCC#N)c1. The van der Waals surface area contributed by atoms with Crippen LogP contribution in [0.15, 0.2) is 24.3 Å². The third-order valence-corrected chi connectivity index (χ3v) is 2.83. The Labute approximate surface area is 127 Å². The molecule has 0 spiro atoms. The molecular weight excluding hydrogens is 284 g/mol. The molecule has 114 valence electrons. The zero-order valence-corrected chi connectivity index (χ0v) is 12.2. The van der Waals surface area contributed by atoms with Crippen molar-refractivity contribution in [3.05, 3.63) is 30.0 Å². The van der Waals surface area contributed by atoms with Crippen molar-refractivity contribution in [1.29, 1.82) is 5.26 Å². The molecule has 0 saturated carbocycles. The second-order valence-corrected chi connectivity index (χ2v) is 4.38. The van der Waals surface area contributed by atoms with Gasteiger partial charge in [0.1, 0.15) is 11.4 Å². The molecule has 22 heavy (non-hydrogen) atoms. The monoisotopic (exact) mass is 300 g/mol. The van der Waals surface area contributed by atoms with Gasteiger partial charge in [-0.3, -0.25) is 0 Å². The zero-order chi connectivity index (χ0) is 15.8. The van der Waals surface area contributed by atoms with Crippen LogP contribution < -0.4 is 4.74 Å². The lowest BCUT2D eigenvalue weighted by molar-refractivity contribution is 0.0520. The number of rotatable bonds is 7. The highest BCUT2D eigenvalue weighted by Gasteiger charge is 2.19. The number of nitrogens with zero attached hydrogens (tertiary/aromatic N) is 3. The molecule has 0 aliphatic carbocycles. The molecule has 0 bridgehead atoms. The minimum atomic E-state index is -0.522. The van der Waals surface area contributed by atoms with Crippen molar-refractivity contribution >= 4 is 5.97 Å². The summed E-state index contributed by atoms with van der Waals surface area (Å²) in [6.07, 6.45) is 1.12. The molecule has 0 unspecified atom stereocenters. The van der Waals surface area contributed by atoms with Gasteiger partial charge in [0.25, 0.3) is 0 Å². The molecule has 1 N–H and O–H groups in total. The van der Waals surface area contributed by atoms with Gasteiger partial charge in [-0.25, -0.2) is 4.79 Å². The smallest absolute Gasteiger partial charge is 0.361 e. The van der Waals surface area contributed by atoms with Crippen molar-refractivity contribution in [3.8, 4) is 23.1 Å². The van der Waals surface area contributed by atoms with E-state index in [1.807, 2.05) is 6.07 Å². The number of carbonyl (C=O) groups is 1. The summed E-state index contributed by atoms with van der Waals surface area (Å²) in [6, 6.07) is 9.25. The van der Waals surface area contributed by atoms with Crippen molar-refractivity contribution in [2.75, 3.05) is 13.2 Å². The highest BCUT2D eigenvalue weighted by atomic mass is 16.5. The molecule has 0 amide bonds. The maximum atomic E-state index is 11.8. The second kappa shape index (κ2) is 7.78. The van der Waals surface area contributed by atoms with E-state index < -0.39 is 5.97 Å². The maximum Gasteiger partial charge on any atom is 0.361 e. The molecule has 0 atom stereocenters. The van der Waals surface area contributed by atoms with E-state index in [4.69, 9.17) is 14.7 Å². The fourth-order valence-corrected chi connectivity index (χ4v) is 1.85. The minimum absolute atomic E-state index is 0.142. The van der Waals surface area contributed by atoms with E-state index in [-0.39, 0.29) is 12.3 Å². The van der Waals surface area contributed by atoms with E-state index >= 15 is 0 Å². The summed E-state index contributed by atoms with van der Waals surface area (Å²) in [7, 11) is 0. The summed E-state index contributed by atoms with van der Waals surface area (Å²) >= 11 is 0. The van der Waals surface area contributed by atoms with Gasteiger partial charge in [0.2, 0.25) is 0 Å². The van der Waals surface area contributed by atoms with Crippen molar-refractivity contribution in [3.63, 3.8) is 0 Å². The van der Waals surface area contributed by atoms with E-state index in [0.717, 1.165) is 0 Å². The first-order valence-electron chi connectivity index (χ1n) is 6.94. The minimum Gasteiger partial charge on any atom is -0.494 e. The van der Waals surface area contributed by atoms with Crippen molar-refractivity contribution < 1.29 is 14.3 Å². The zero-order valence-electron chi connectivity index (χ0n) is 12.2. The molecule has 7 nitrogen and oxygen atoms in total.